The Morgan fingerprint density at radius 3 is 2.27 bits per heavy atom. The van der Waals surface area contributed by atoms with Crippen molar-refractivity contribution in [1.29, 1.82) is 0 Å². The maximum Gasteiger partial charge on any atom is 0.00257 e. The molecule has 0 aromatic carbocycles. The van der Waals surface area contributed by atoms with Crippen LogP contribution < -0.4 is 5.32 Å². The molecule has 1 N–H and O–H groups in total. The van der Waals surface area contributed by atoms with Crippen molar-refractivity contribution in [1.82, 2.24) is 10.2 Å². The van der Waals surface area contributed by atoms with Gasteiger partial charge in [0.15, 0.2) is 0 Å². The molecule has 15 heavy (non-hydrogen) atoms. The van der Waals surface area contributed by atoms with E-state index >= 15 is 0 Å². The normalized spacial score (nSPS) is 38.4. The predicted molar refractivity (Wildman–Crippen MR) is 62.9 cm³/mol. The van der Waals surface area contributed by atoms with Gasteiger partial charge in [0.25, 0.3) is 0 Å². The third-order valence-corrected chi connectivity index (χ3v) is 4.71. The first-order valence-corrected chi connectivity index (χ1v) is 6.85. The summed E-state index contributed by atoms with van der Waals surface area (Å²) >= 11 is 0. The molecule has 0 aromatic rings. The molecule has 0 bridgehead atoms. The largest absolute Gasteiger partial charge is 0.316 e. The van der Waals surface area contributed by atoms with Crippen LogP contribution in [-0.4, -0.2) is 37.6 Å². The molecule has 2 nitrogen and oxygen atoms in total. The summed E-state index contributed by atoms with van der Waals surface area (Å²) in [6.45, 7) is 6.74. The average Bonchev–Trinajstić information content (AvgIpc) is 2.79. The summed E-state index contributed by atoms with van der Waals surface area (Å²) in [5.74, 6) is 2.99. The fraction of sp³-hybridized carbons (Fsp3) is 1.00. The molecule has 0 amide bonds. The van der Waals surface area contributed by atoms with Crippen LogP contribution in [0.1, 0.15) is 32.1 Å². The third-order valence-electron chi connectivity index (χ3n) is 4.71. The summed E-state index contributed by atoms with van der Waals surface area (Å²) in [5, 5.41) is 3.52. The lowest BCUT2D eigenvalue weighted by molar-refractivity contribution is 0.223. The highest BCUT2D eigenvalue weighted by atomic mass is 15.2. The van der Waals surface area contributed by atoms with Crippen LogP contribution in [0.5, 0.6) is 0 Å². The summed E-state index contributed by atoms with van der Waals surface area (Å²) in [5.41, 5.74) is 0. The molecule has 3 aliphatic rings. The summed E-state index contributed by atoms with van der Waals surface area (Å²) in [6, 6.07) is 0. The van der Waals surface area contributed by atoms with Gasteiger partial charge >= 0.3 is 0 Å². The topological polar surface area (TPSA) is 15.3 Å². The van der Waals surface area contributed by atoms with Crippen molar-refractivity contribution >= 4 is 0 Å². The van der Waals surface area contributed by atoms with E-state index in [1.54, 1.807) is 0 Å². The van der Waals surface area contributed by atoms with E-state index < -0.39 is 0 Å². The highest BCUT2D eigenvalue weighted by molar-refractivity contribution is 4.91. The van der Waals surface area contributed by atoms with Crippen molar-refractivity contribution in [2.24, 2.45) is 17.8 Å². The minimum atomic E-state index is 0.980. The minimum absolute atomic E-state index is 0.980. The van der Waals surface area contributed by atoms with E-state index in [9.17, 15) is 0 Å². The van der Waals surface area contributed by atoms with Gasteiger partial charge in [0.05, 0.1) is 0 Å². The second-order valence-electron chi connectivity index (χ2n) is 5.90. The Labute approximate surface area is 93.4 Å². The first-order valence-electron chi connectivity index (χ1n) is 6.85. The summed E-state index contributed by atoms with van der Waals surface area (Å²) in [6.07, 6.45) is 7.49. The van der Waals surface area contributed by atoms with Gasteiger partial charge in [-0.3, -0.25) is 0 Å². The van der Waals surface area contributed by atoms with Crippen LogP contribution in [0.4, 0.5) is 0 Å². The number of hydrogen-bond donors (Lipinski definition) is 1. The van der Waals surface area contributed by atoms with E-state index in [2.05, 4.69) is 10.2 Å². The molecule has 0 radical (unpaired) electrons. The molecule has 2 unspecified atom stereocenters. The van der Waals surface area contributed by atoms with Gasteiger partial charge in [0, 0.05) is 19.6 Å². The van der Waals surface area contributed by atoms with E-state index in [0.29, 0.717) is 0 Å². The van der Waals surface area contributed by atoms with Crippen molar-refractivity contribution in [2.75, 3.05) is 32.7 Å². The standard InChI is InChI=1S/C13H24N2/c1-2-4-11(5-3-1)8-15-9-12-6-14-7-13(12)10-15/h11-14H,1-10H2. The monoisotopic (exact) mass is 208 g/mol. The Morgan fingerprint density at radius 2 is 1.60 bits per heavy atom. The molecule has 3 fully saturated rings. The van der Waals surface area contributed by atoms with Gasteiger partial charge in [-0.05, 0) is 43.7 Å². The van der Waals surface area contributed by atoms with Crippen molar-refractivity contribution in [2.45, 2.75) is 32.1 Å². The van der Waals surface area contributed by atoms with Crippen LogP contribution >= 0.6 is 0 Å². The van der Waals surface area contributed by atoms with Crippen LogP contribution in [0.15, 0.2) is 0 Å². The molecule has 1 aliphatic carbocycles. The lowest BCUT2D eigenvalue weighted by Crippen LogP contribution is -2.31. The van der Waals surface area contributed by atoms with Crippen molar-refractivity contribution < 1.29 is 0 Å². The zero-order chi connectivity index (χ0) is 10.1. The van der Waals surface area contributed by atoms with E-state index in [-0.39, 0.29) is 0 Å². The van der Waals surface area contributed by atoms with Gasteiger partial charge in [-0.25, -0.2) is 0 Å². The molecule has 2 atom stereocenters. The summed E-state index contributed by atoms with van der Waals surface area (Å²) in [7, 11) is 0. The summed E-state index contributed by atoms with van der Waals surface area (Å²) < 4.78 is 0. The number of nitrogens with one attached hydrogen (secondary N) is 1. The maximum absolute atomic E-state index is 3.52. The van der Waals surface area contributed by atoms with Gasteiger partial charge in [0.2, 0.25) is 0 Å². The van der Waals surface area contributed by atoms with Crippen molar-refractivity contribution in [3.63, 3.8) is 0 Å². The number of hydrogen-bond acceptors (Lipinski definition) is 2. The smallest absolute Gasteiger partial charge is 0.00257 e. The molecule has 0 aromatic heterocycles. The van der Waals surface area contributed by atoms with Gasteiger partial charge in [-0.15, -0.1) is 0 Å². The Hall–Kier alpha value is -0.0800. The lowest BCUT2D eigenvalue weighted by Gasteiger charge is -2.27. The Kier molecular flexibility index (Phi) is 2.98. The van der Waals surface area contributed by atoms with E-state index in [1.807, 2.05) is 0 Å². The molecular weight excluding hydrogens is 184 g/mol. The first-order chi connectivity index (χ1) is 7.42. The molecular formula is C13H24N2. The first kappa shape index (κ1) is 10.1. The maximum atomic E-state index is 3.52. The molecule has 1 saturated carbocycles. The fourth-order valence-corrected chi connectivity index (χ4v) is 3.84. The highest BCUT2D eigenvalue weighted by Crippen LogP contribution is 2.30. The molecule has 2 heterocycles. The minimum Gasteiger partial charge on any atom is -0.316 e. The molecule has 2 saturated heterocycles. The van der Waals surface area contributed by atoms with Crippen LogP contribution in [0.25, 0.3) is 0 Å². The zero-order valence-electron chi connectivity index (χ0n) is 9.75. The highest BCUT2D eigenvalue weighted by Gasteiger charge is 2.36. The Balaban J connectivity index is 1.48. The van der Waals surface area contributed by atoms with Crippen LogP contribution in [0.2, 0.25) is 0 Å². The SMILES string of the molecule is C1CCC(CN2CC3CNCC3C2)CC1. The molecule has 2 aliphatic heterocycles. The van der Waals surface area contributed by atoms with Gasteiger partial charge in [-0.2, -0.15) is 0 Å². The number of nitrogens with zero attached hydrogens (tertiary/aromatic N) is 1. The van der Waals surface area contributed by atoms with E-state index in [0.717, 1.165) is 17.8 Å². The fourth-order valence-electron chi connectivity index (χ4n) is 3.84. The molecule has 2 heteroatoms. The predicted octanol–water partition coefficient (Wildman–Crippen LogP) is 1.72. The van der Waals surface area contributed by atoms with Crippen molar-refractivity contribution in [3.8, 4) is 0 Å². The van der Waals surface area contributed by atoms with Crippen LogP contribution in [0, 0.1) is 17.8 Å². The quantitative estimate of drug-likeness (QED) is 0.743. The van der Waals surface area contributed by atoms with Crippen molar-refractivity contribution in [3.05, 3.63) is 0 Å². The lowest BCUT2D eigenvalue weighted by atomic mass is 9.89. The average molecular weight is 208 g/mol. The van der Waals surface area contributed by atoms with Gasteiger partial charge < -0.3 is 10.2 Å². The zero-order valence-corrected chi connectivity index (χ0v) is 9.75. The van der Waals surface area contributed by atoms with Crippen LogP contribution in [-0.2, 0) is 0 Å². The third kappa shape index (κ3) is 2.21. The Morgan fingerprint density at radius 1 is 0.933 bits per heavy atom. The number of fused-ring (bicyclic) bond motifs is 1. The van der Waals surface area contributed by atoms with E-state index in [4.69, 9.17) is 0 Å². The molecule has 86 valence electrons. The van der Waals surface area contributed by atoms with Crippen LogP contribution in [0.3, 0.4) is 0 Å². The molecule has 0 spiro atoms. The molecule has 3 rings (SSSR count). The second kappa shape index (κ2) is 4.42. The van der Waals surface area contributed by atoms with E-state index in [1.165, 1.54) is 64.8 Å². The number of likely N-dealkylation sites (tertiary alicyclic amines) is 1. The van der Waals surface area contributed by atoms with Gasteiger partial charge in [0.1, 0.15) is 0 Å². The van der Waals surface area contributed by atoms with Gasteiger partial charge in [-0.1, -0.05) is 19.3 Å². The number of rotatable bonds is 2. The summed E-state index contributed by atoms with van der Waals surface area (Å²) in [4.78, 5) is 2.76. The second-order valence-corrected chi connectivity index (χ2v) is 5.90. The Bertz CT molecular complexity index is 199.